The summed E-state index contributed by atoms with van der Waals surface area (Å²) in [6, 6.07) is 8.72. The van der Waals surface area contributed by atoms with Gasteiger partial charge in [-0.2, -0.15) is 0 Å². The fourth-order valence-corrected chi connectivity index (χ4v) is 3.95. The molecule has 0 heterocycles. The SMILES string of the molecule is COCCNCC1(c2ccccc2Br)CCC(C)CC1. The Hall–Kier alpha value is -0.380. The van der Waals surface area contributed by atoms with Crippen molar-refractivity contribution in [3.8, 4) is 0 Å². The summed E-state index contributed by atoms with van der Waals surface area (Å²) >= 11 is 3.75. The van der Waals surface area contributed by atoms with E-state index < -0.39 is 0 Å². The van der Waals surface area contributed by atoms with E-state index in [1.165, 1.54) is 35.7 Å². The molecule has 20 heavy (non-hydrogen) atoms. The summed E-state index contributed by atoms with van der Waals surface area (Å²) in [4.78, 5) is 0. The van der Waals surface area contributed by atoms with Crippen molar-refractivity contribution in [3.63, 3.8) is 0 Å². The molecule has 2 rings (SSSR count). The van der Waals surface area contributed by atoms with Crippen LogP contribution in [0.2, 0.25) is 0 Å². The summed E-state index contributed by atoms with van der Waals surface area (Å²) in [5, 5.41) is 3.59. The molecule has 112 valence electrons. The molecule has 0 saturated heterocycles. The van der Waals surface area contributed by atoms with Gasteiger partial charge in [-0.3, -0.25) is 0 Å². The zero-order valence-corrected chi connectivity index (χ0v) is 14.2. The lowest BCUT2D eigenvalue weighted by atomic mass is 9.67. The number of ether oxygens (including phenoxy) is 1. The first-order valence-electron chi connectivity index (χ1n) is 7.62. The summed E-state index contributed by atoms with van der Waals surface area (Å²) in [5.74, 6) is 0.865. The van der Waals surface area contributed by atoms with Crippen molar-refractivity contribution in [3.05, 3.63) is 34.3 Å². The molecule has 1 aromatic rings. The van der Waals surface area contributed by atoms with Gasteiger partial charge in [-0.25, -0.2) is 0 Å². The molecular weight excluding hydrogens is 314 g/mol. The fraction of sp³-hybridized carbons (Fsp3) is 0.647. The van der Waals surface area contributed by atoms with Gasteiger partial charge in [-0.1, -0.05) is 41.1 Å². The van der Waals surface area contributed by atoms with Crippen molar-refractivity contribution >= 4 is 15.9 Å². The molecule has 0 unspecified atom stereocenters. The number of hydrogen-bond acceptors (Lipinski definition) is 2. The van der Waals surface area contributed by atoms with Crippen LogP contribution in [0.5, 0.6) is 0 Å². The van der Waals surface area contributed by atoms with Gasteiger partial charge in [-0.15, -0.1) is 0 Å². The minimum absolute atomic E-state index is 0.278. The molecule has 1 aliphatic rings. The second kappa shape index (κ2) is 7.58. The van der Waals surface area contributed by atoms with Gasteiger partial charge in [0, 0.05) is 30.1 Å². The van der Waals surface area contributed by atoms with E-state index in [0.717, 1.165) is 25.6 Å². The zero-order valence-electron chi connectivity index (χ0n) is 12.6. The Labute approximate surface area is 131 Å². The summed E-state index contributed by atoms with van der Waals surface area (Å²) in [5.41, 5.74) is 1.75. The average Bonchev–Trinajstić information content (AvgIpc) is 2.47. The maximum Gasteiger partial charge on any atom is 0.0587 e. The van der Waals surface area contributed by atoms with Crippen LogP contribution in [0.15, 0.2) is 28.7 Å². The maximum atomic E-state index is 5.14. The number of halogens is 1. The van der Waals surface area contributed by atoms with E-state index in [-0.39, 0.29) is 5.41 Å². The Bertz CT molecular complexity index is 413. The smallest absolute Gasteiger partial charge is 0.0587 e. The topological polar surface area (TPSA) is 21.3 Å². The predicted octanol–water partition coefficient (Wildman–Crippen LogP) is 4.13. The molecule has 1 saturated carbocycles. The molecule has 1 aromatic carbocycles. The van der Waals surface area contributed by atoms with Crippen molar-refractivity contribution in [1.29, 1.82) is 0 Å². The van der Waals surface area contributed by atoms with Gasteiger partial charge in [-0.05, 0) is 43.2 Å². The lowest BCUT2D eigenvalue weighted by Crippen LogP contribution is -2.42. The molecule has 0 amide bonds. The third-order valence-corrected chi connectivity index (χ3v) is 5.31. The first kappa shape index (κ1) is 16.0. The van der Waals surface area contributed by atoms with Gasteiger partial charge in [0.2, 0.25) is 0 Å². The highest BCUT2D eigenvalue weighted by Crippen LogP contribution is 2.43. The molecule has 0 bridgehead atoms. The van der Waals surface area contributed by atoms with E-state index in [4.69, 9.17) is 4.74 Å². The van der Waals surface area contributed by atoms with Crippen LogP contribution in [0.3, 0.4) is 0 Å². The second-order valence-electron chi connectivity index (χ2n) is 6.11. The van der Waals surface area contributed by atoms with E-state index in [0.29, 0.717) is 0 Å². The van der Waals surface area contributed by atoms with Crippen molar-refractivity contribution < 1.29 is 4.74 Å². The number of benzene rings is 1. The molecule has 0 aliphatic heterocycles. The molecular formula is C17H26BrNO. The number of nitrogens with one attached hydrogen (secondary N) is 1. The second-order valence-corrected chi connectivity index (χ2v) is 6.97. The standard InChI is InChI=1S/C17H26BrNO/c1-14-7-9-17(10-8-14,13-19-11-12-20-2)15-5-3-4-6-16(15)18/h3-6,14,19H,7-13H2,1-2H3. The molecule has 0 aromatic heterocycles. The fourth-order valence-electron chi connectivity index (χ4n) is 3.25. The highest BCUT2D eigenvalue weighted by molar-refractivity contribution is 9.10. The molecule has 0 spiro atoms. The van der Waals surface area contributed by atoms with Crippen molar-refractivity contribution in [1.82, 2.24) is 5.32 Å². The minimum Gasteiger partial charge on any atom is -0.383 e. The summed E-state index contributed by atoms with van der Waals surface area (Å²) in [6.45, 7) is 5.13. The van der Waals surface area contributed by atoms with Gasteiger partial charge in [0.1, 0.15) is 0 Å². The van der Waals surface area contributed by atoms with Gasteiger partial charge in [0.05, 0.1) is 6.61 Å². The highest BCUT2D eigenvalue weighted by atomic mass is 79.9. The number of methoxy groups -OCH3 is 1. The lowest BCUT2D eigenvalue weighted by molar-refractivity contribution is 0.187. The van der Waals surface area contributed by atoms with Crippen LogP contribution in [0.25, 0.3) is 0 Å². The monoisotopic (exact) mass is 339 g/mol. The minimum atomic E-state index is 0.278. The molecule has 1 N–H and O–H groups in total. The maximum absolute atomic E-state index is 5.14. The van der Waals surface area contributed by atoms with Crippen LogP contribution in [-0.2, 0) is 10.2 Å². The predicted molar refractivity (Wildman–Crippen MR) is 88.2 cm³/mol. The van der Waals surface area contributed by atoms with Gasteiger partial charge < -0.3 is 10.1 Å². The molecule has 0 atom stereocenters. The van der Waals surface area contributed by atoms with Crippen LogP contribution in [0.4, 0.5) is 0 Å². The lowest BCUT2D eigenvalue weighted by Gasteiger charge is -2.41. The summed E-state index contributed by atoms with van der Waals surface area (Å²) < 4.78 is 6.39. The first-order chi connectivity index (χ1) is 9.68. The van der Waals surface area contributed by atoms with E-state index in [1.54, 1.807) is 7.11 Å². The highest BCUT2D eigenvalue weighted by Gasteiger charge is 2.36. The number of rotatable bonds is 6. The Balaban J connectivity index is 2.14. The van der Waals surface area contributed by atoms with Crippen LogP contribution in [-0.4, -0.2) is 26.8 Å². The van der Waals surface area contributed by atoms with Crippen molar-refractivity contribution in [2.45, 2.75) is 38.0 Å². The zero-order chi connectivity index (χ0) is 14.4. The van der Waals surface area contributed by atoms with E-state index >= 15 is 0 Å². The van der Waals surface area contributed by atoms with E-state index in [1.807, 2.05) is 0 Å². The third-order valence-electron chi connectivity index (χ3n) is 4.62. The molecule has 1 aliphatic carbocycles. The van der Waals surface area contributed by atoms with E-state index in [2.05, 4.69) is 52.4 Å². The molecule has 3 heteroatoms. The van der Waals surface area contributed by atoms with Gasteiger partial charge in [0.25, 0.3) is 0 Å². The van der Waals surface area contributed by atoms with E-state index in [9.17, 15) is 0 Å². The quantitative estimate of drug-likeness (QED) is 0.786. The summed E-state index contributed by atoms with van der Waals surface area (Å²) in [6.07, 6.45) is 5.20. The van der Waals surface area contributed by atoms with Crippen LogP contribution in [0.1, 0.15) is 38.2 Å². The number of hydrogen-bond donors (Lipinski definition) is 1. The molecule has 0 radical (unpaired) electrons. The van der Waals surface area contributed by atoms with Gasteiger partial charge >= 0.3 is 0 Å². The Morgan fingerprint density at radius 2 is 2.00 bits per heavy atom. The normalized spacial score (nSPS) is 26.6. The van der Waals surface area contributed by atoms with Crippen LogP contribution in [0, 0.1) is 5.92 Å². The summed E-state index contributed by atoms with van der Waals surface area (Å²) in [7, 11) is 1.76. The van der Waals surface area contributed by atoms with Crippen LogP contribution >= 0.6 is 15.9 Å². The van der Waals surface area contributed by atoms with Gasteiger partial charge in [0.15, 0.2) is 0 Å². The largest absolute Gasteiger partial charge is 0.383 e. The Morgan fingerprint density at radius 1 is 1.30 bits per heavy atom. The molecule has 1 fully saturated rings. The van der Waals surface area contributed by atoms with Crippen LogP contribution < -0.4 is 5.32 Å². The Kier molecular flexibility index (Phi) is 6.06. The van der Waals surface area contributed by atoms with Crippen molar-refractivity contribution in [2.24, 2.45) is 5.92 Å². The molecule has 2 nitrogen and oxygen atoms in total. The Morgan fingerprint density at radius 3 is 2.65 bits per heavy atom. The first-order valence-corrected chi connectivity index (χ1v) is 8.42. The van der Waals surface area contributed by atoms with Crippen molar-refractivity contribution in [2.75, 3.05) is 26.8 Å². The third kappa shape index (κ3) is 3.84. The average molecular weight is 340 g/mol.